The van der Waals surface area contributed by atoms with Crippen LogP contribution in [-0.4, -0.2) is 27.1 Å². The van der Waals surface area contributed by atoms with Crippen LogP contribution in [0.2, 0.25) is 5.02 Å². The van der Waals surface area contributed by atoms with Crippen molar-refractivity contribution in [2.75, 3.05) is 32.0 Å². The average molecular weight is 491 g/mol. The molecule has 5 rings (SSSR count). The molecule has 2 atom stereocenters. The van der Waals surface area contributed by atoms with Crippen LogP contribution < -0.4 is 24.8 Å². The van der Waals surface area contributed by atoms with E-state index in [-0.39, 0.29) is 11.7 Å². The molecule has 180 valence electrons. The molecule has 0 saturated carbocycles. The first-order chi connectivity index (χ1) is 17.0. The Hall–Kier alpha value is -3.64. The van der Waals surface area contributed by atoms with Gasteiger partial charge in [0.2, 0.25) is 0 Å². The van der Waals surface area contributed by atoms with Gasteiger partial charge in [0.05, 0.1) is 38.7 Å². The summed E-state index contributed by atoms with van der Waals surface area (Å²) < 4.78 is 16.8. The van der Waals surface area contributed by atoms with Crippen LogP contribution in [0.1, 0.15) is 35.9 Å². The quantitative estimate of drug-likeness (QED) is 0.434. The average Bonchev–Trinajstić information content (AvgIpc) is 3.05. The van der Waals surface area contributed by atoms with Crippen molar-refractivity contribution >= 4 is 28.8 Å². The lowest BCUT2D eigenvalue weighted by Crippen LogP contribution is -2.27. The minimum absolute atomic E-state index is 0.0133. The molecule has 1 aliphatic heterocycles. The Morgan fingerprint density at radius 1 is 0.800 bits per heavy atom. The number of methoxy groups -OCH3 is 3. The van der Waals surface area contributed by atoms with E-state index >= 15 is 0 Å². The van der Waals surface area contributed by atoms with E-state index < -0.39 is 6.04 Å². The van der Waals surface area contributed by atoms with E-state index in [9.17, 15) is 4.79 Å². The number of Topliss-reactive ketones (excluding diaryl/α,β-unsaturated/α-hetero) is 1. The lowest BCUT2D eigenvalue weighted by Gasteiger charge is -2.31. The zero-order chi connectivity index (χ0) is 24.5. The largest absolute Gasteiger partial charge is 0.496 e. The number of para-hydroxylation sites is 2. The van der Waals surface area contributed by atoms with Gasteiger partial charge >= 0.3 is 0 Å². The Morgan fingerprint density at radius 2 is 1.46 bits per heavy atom. The zero-order valence-corrected chi connectivity index (χ0v) is 20.6. The predicted octanol–water partition coefficient (Wildman–Crippen LogP) is 6.35. The number of hydrogen-bond donors (Lipinski definition) is 2. The van der Waals surface area contributed by atoms with Gasteiger partial charge in [-0.15, -0.1) is 0 Å². The second-order valence-electron chi connectivity index (χ2n) is 8.64. The molecule has 2 N–H and O–H groups in total. The SMILES string of the molecule is COc1cc(OC)c(C2Nc3ccccc3NC3=C2C(=O)CC(c2ccccc2Cl)C3)cc1OC. The maximum Gasteiger partial charge on any atom is 0.164 e. The number of nitrogens with one attached hydrogen (secondary N) is 2. The summed E-state index contributed by atoms with van der Waals surface area (Å²) in [6, 6.07) is 18.9. The van der Waals surface area contributed by atoms with E-state index in [1.165, 1.54) is 0 Å². The van der Waals surface area contributed by atoms with Gasteiger partial charge in [0.1, 0.15) is 5.75 Å². The summed E-state index contributed by atoms with van der Waals surface area (Å²) >= 11 is 6.52. The fourth-order valence-electron chi connectivity index (χ4n) is 5.03. The van der Waals surface area contributed by atoms with Crippen molar-refractivity contribution in [2.24, 2.45) is 0 Å². The molecule has 3 aromatic rings. The molecular weight excluding hydrogens is 464 g/mol. The molecule has 0 amide bonds. The molecule has 1 heterocycles. The maximum absolute atomic E-state index is 13.8. The molecule has 35 heavy (non-hydrogen) atoms. The summed E-state index contributed by atoms with van der Waals surface area (Å²) in [6.07, 6.45) is 1.03. The van der Waals surface area contributed by atoms with Crippen LogP contribution in [0.3, 0.4) is 0 Å². The third kappa shape index (κ3) is 4.19. The number of anilines is 2. The van der Waals surface area contributed by atoms with Gasteiger partial charge in [-0.2, -0.15) is 0 Å². The summed E-state index contributed by atoms with van der Waals surface area (Å²) in [5.41, 5.74) is 5.16. The molecule has 0 saturated heterocycles. The zero-order valence-electron chi connectivity index (χ0n) is 19.9. The monoisotopic (exact) mass is 490 g/mol. The molecule has 1 aliphatic carbocycles. The number of allylic oxidation sites excluding steroid dienone is 1. The first kappa shape index (κ1) is 23.1. The molecule has 0 fully saturated rings. The number of benzene rings is 3. The number of halogens is 1. The van der Waals surface area contributed by atoms with E-state index in [2.05, 4.69) is 10.6 Å². The number of hydrogen-bond acceptors (Lipinski definition) is 6. The maximum atomic E-state index is 13.8. The predicted molar refractivity (Wildman–Crippen MR) is 138 cm³/mol. The highest BCUT2D eigenvalue weighted by atomic mass is 35.5. The Balaban J connectivity index is 1.67. The van der Waals surface area contributed by atoms with Crippen LogP contribution in [-0.2, 0) is 4.79 Å². The summed E-state index contributed by atoms with van der Waals surface area (Å²) in [7, 11) is 4.79. The third-order valence-electron chi connectivity index (χ3n) is 6.70. The molecule has 0 bridgehead atoms. The van der Waals surface area contributed by atoms with Gasteiger partial charge in [-0.25, -0.2) is 0 Å². The van der Waals surface area contributed by atoms with Gasteiger partial charge in [-0.3, -0.25) is 4.79 Å². The van der Waals surface area contributed by atoms with E-state index in [0.29, 0.717) is 40.7 Å². The van der Waals surface area contributed by atoms with Crippen LogP contribution in [0, 0.1) is 0 Å². The Kier molecular flexibility index (Phi) is 6.31. The van der Waals surface area contributed by atoms with Crippen molar-refractivity contribution in [1.29, 1.82) is 0 Å². The summed E-state index contributed by atoms with van der Waals surface area (Å²) in [5.74, 6) is 1.78. The highest BCUT2D eigenvalue weighted by Crippen LogP contribution is 2.48. The highest BCUT2D eigenvalue weighted by Gasteiger charge is 2.38. The van der Waals surface area contributed by atoms with Crippen molar-refractivity contribution < 1.29 is 19.0 Å². The molecule has 2 unspecified atom stereocenters. The standard InChI is InChI=1S/C28H27ClN2O4/c1-33-24-15-26(35-3)25(34-2)14-18(24)28-27-22(30-20-10-6-7-11-21(20)31-28)12-16(13-23(27)32)17-8-4-5-9-19(17)29/h4-11,14-16,28,30-31H,12-13H2,1-3H3. The molecule has 7 heteroatoms. The third-order valence-corrected chi connectivity index (χ3v) is 7.05. The fraction of sp³-hybridized carbons (Fsp3) is 0.250. The van der Waals surface area contributed by atoms with E-state index in [1.54, 1.807) is 27.4 Å². The topological polar surface area (TPSA) is 68.8 Å². The number of carbonyl (C=O) groups excluding carboxylic acids is 1. The molecule has 6 nitrogen and oxygen atoms in total. The second kappa shape index (κ2) is 9.55. The van der Waals surface area contributed by atoms with Crippen molar-refractivity contribution in [3.8, 4) is 17.2 Å². The van der Waals surface area contributed by atoms with Gasteiger partial charge in [0.25, 0.3) is 0 Å². The lowest BCUT2D eigenvalue weighted by molar-refractivity contribution is -0.116. The van der Waals surface area contributed by atoms with E-state index in [1.807, 2.05) is 54.6 Å². The van der Waals surface area contributed by atoms with Gasteiger partial charge < -0.3 is 24.8 Å². The Labute approximate surface area is 209 Å². The van der Waals surface area contributed by atoms with Crippen LogP contribution in [0.25, 0.3) is 0 Å². The van der Waals surface area contributed by atoms with E-state index in [4.69, 9.17) is 25.8 Å². The van der Waals surface area contributed by atoms with Crippen LogP contribution in [0.4, 0.5) is 11.4 Å². The molecule has 0 spiro atoms. The minimum Gasteiger partial charge on any atom is -0.496 e. The number of ketones is 1. The van der Waals surface area contributed by atoms with E-state index in [0.717, 1.165) is 28.2 Å². The van der Waals surface area contributed by atoms with Crippen molar-refractivity contribution in [3.63, 3.8) is 0 Å². The van der Waals surface area contributed by atoms with Crippen molar-refractivity contribution in [2.45, 2.75) is 24.8 Å². The number of rotatable bonds is 5. The molecule has 0 aromatic heterocycles. The van der Waals surface area contributed by atoms with Gasteiger partial charge in [-0.05, 0) is 42.2 Å². The number of ether oxygens (including phenoxy) is 3. The van der Waals surface area contributed by atoms with Crippen molar-refractivity contribution in [1.82, 2.24) is 0 Å². The molecule has 2 aliphatic rings. The summed E-state index contributed by atoms with van der Waals surface area (Å²) in [5, 5.41) is 7.83. The highest BCUT2D eigenvalue weighted by molar-refractivity contribution is 6.31. The van der Waals surface area contributed by atoms with Crippen LogP contribution in [0.5, 0.6) is 17.2 Å². The molecular formula is C28H27ClN2O4. The lowest BCUT2D eigenvalue weighted by atomic mass is 9.78. The Morgan fingerprint density at radius 3 is 2.17 bits per heavy atom. The van der Waals surface area contributed by atoms with Gasteiger partial charge in [0.15, 0.2) is 17.3 Å². The first-order valence-corrected chi connectivity index (χ1v) is 11.8. The number of fused-ring (bicyclic) bond motifs is 1. The van der Waals surface area contributed by atoms with Gasteiger partial charge in [-0.1, -0.05) is 41.9 Å². The smallest absolute Gasteiger partial charge is 0.164 e. The van der Waals surface area contributed by atoms with Crippen LogP contribution >= 0.6 is 11.6 Å². The van der Waals surface area contributed by atoms with Crippen LogP contribution in [0.15, 0.2) is 71.9 Å². The second-order valence-corrected chi connectivity index (χ2v) is 9.05. The summed E-state index contributed by atoms with van der Waals surface area (Å²) in [4.78, 5) is 13.8. The van der Waals surface area contributed by atoms with Crippen molar-refractivity contribution in [3.05, 3.63) is 88.1 Å². The number of carbonyl (C=O) groups is 1. The summed E-state index contributed by atoms with van der Waals surface area (Å²) in [6.45, 7) is 0. The van der Waals surface area contributed by atoms with Gasteiger partial charge in [0, 0.05) is 34.3 Å². The fourth-order valence-corrected chi connectivity index (χ4v) is 5.32. The first-order valence-electron chi connectivity index (χ1n) is 11.5. The normalized spacial score (nSPS) is 19.0. The molecule has 0 radical (unpaired) electrons. The Bertz CT molecular complexity index is 1320. The minimum atomic E-state index is -0.449. The molecule has 3 aromatic carbocycles.